The van der Waals surface area contributed by atoms with E-state index in [1.807, 2.05) is 0 Å². The lowest BCUT2D eigenvalue weighted by Gasteiger charge is -2.21. The Morgan fingerprint density at radius 1 is 0.906 bits per heavy atom. The third kappa shape index (κ3) is 6.10. The third-order valence-electron chi connectivity index (χ3n) is 4.36. The molecule has 5 nitrogen and oxygen atoms in total. The summed E-state index contributed by atoms with van der Waals surface area (Å²) in [7, 11) is 0. The number of alkyl halides is 6. The second kappa shape index (κ2) is 9.43. The number of benzene rings is 2. The number of nitrogens with one attached hydrogen (secondary N) is 1. The minimum atomic E-state index is -4.78. The van der Waals surface area contributed by atoms with E-state index >= 15 is 0 Å². The first-order valence-electron chi connectivity index (χ1n) is 8.97. The van der Waals surface area contributed by atoms with Crippen molar-refractivity contribution in [3.8, 4) is 0 Å². The molecule has 3 N–H and O–H groups in total. The van der Waals surface area contributed by atoms with Crippen LogP contribution in [0.2, 0.25) is 0 Å². The monoisotopic (exact) mass is 461 g/mol. The van der Waals surface area contributed by atoms with Crippen LogP contribution in [-0.4, -0.2) is 34.7 Å². The van der Waals surface area contributed by atoms with E-state index in [1.165, 1.54) is 0 Å². The van der Waals surface area contributed by atoms with E-state index in [0.717, 1.165) is 37.3 Å². The molecule has 1 amide bonds. The molecule has 0 aromatic heterocycles. The number of hydrogen-bond donors (Lipinski definition) is 3. The summed E-state index contributed by atoms with van der Waals surface area (Å²) in [6, 6.07) is 6.36. The summed E-state index contributed by atoms with van der Waals surface area (Å²) in [4.78, 5) is 23.2. The van der Waals surface area contributed by atoms with Crippen LogP contribution < -0.4 is 5.32 Å². The van der Waals surface area contributed by atoms with Crippen LogP contribution in [0.15, 0.2) is 48.5 Å². The number of amides is 1. The Morgan fingerprint density at radius 2 is 1.47 bits per heavy atom. The second-order valence-electron chi connectivity index (χ2n) is 6.70. The van der Waals surface area contributed by atoms with Crippen LogP contribution in [-0.2, 0) is 21.9 Å². The number of halogens is 6. The SMILES string of the molecule is CC(=O)NCC(O)/C(=C(/C(=O)O)c1ccc(C(F)(F)F)cc1)c1cccc(C(F)(F)F)c1. The van der Waals surface area contributed by atoms with E-state index < -0.39 is 59.2 Å². The van der Waals surface area contributed by atoms with Gasteiger partial charge in [0.1, 0.15) is 0 Å². The zero-order chi connectivity index (χ0) is 24.3. The average molecular weight is 461 g/mol. The summed E-state index contributed by atoms with van der Waals surface area (Å²) in [5, 5.41) is 22.5. The van der Waals surface area contributed by atoms with Crippen molar-refractivity contribution in [2.45, 2.75) is 25.4 Å². The van der Waals surface area contributed by atoms with Gasteiger partial charge < -0.3 is 15.5 Å². The van der Waals surface area contributed by atoms with Gasteiger partial charge in [-0.15, -0.1) is 0 Å². The van der Waals surface area contributed by atoms with E-state index in [2.05, 4.69) is 5.32 Å². The topological polar surface area (TPSA) is 86.6 Å². The van der Waals surface area contributed by atoms with Crippen LogP contribution in [0, 0.1) is 0 Å². The Kier molecular flexibility index (Phi) is 7.34. The lowest BCUT2D eigenvalue weighted by Crippen LogP contribution is -2.32. The molecule has 0 heterocycles. The lowest BCUT2D eigenvalue weighted by molar-refractivity contribution is -0.138. The molecule has 172 valence electrons. The number of rotatable bonds is 6. The Hall–Kier alpha value is -3.34. The highest BCUT2D eigenvalue weighted by atomic mass is 19.4. The van der Waals surface area contributed by atoms with Gasteiger partial charge in [0.25, 0.3) is 0 Å². The maximum absolute atomic E-state index is 13.2. The van der Waals surface area contributed by atoms with Gasteiger partial charge in [0.15, 0.2) is 0 Å². The summed E-state index contributed by atoms with van der Waals surface area (Å²) in [5.74, 6) is -2.29. The minimum Gasteiger partial charge on any atom is -0.478 e. The average Bonchev–Trinajstić information content (AvgIpc) is 2.68. The van der Waals surface area contributed by atoms with Crippen molar-refractivity contribution in [1.29, 1.82) is 0 Å². The van der Waals surface area contributed by atoms with Crippen molar-refractivity contribution < 1.29 is 46.1 Å². The molecular weight excluding hydrogens is 444 g/mol. The summed E-state index contributed by atoms with van der Waals surface area (Å²) in [6.45, 7) is 0.562. The molecule has 1 unspecified atom stereocenters. The van der Waals surface area contributed by atoms with Crippen molar-refractivity contribution in [2.24, 2.45) is 0 Å². The summed E-state index contributed by atoms with van der Waals surface area (Å²) < 4.78 is 78.0. The zero-order valence-electron chi connectivity index (χ0n) is 16.4. The molecule has 0 bridgehead atoms. The van der Waals surface area contributed by atoms with Gasteiger partial charge in [-0.2, -0.15) is 26.3 Å². The Balaban J connectivity index is 2.75. The Morgan fingerprint density at radius 3 is 1.94 bits per heavy atom. The third-order valence-corrected chi connectivity index (χ3v) is 4.36. The molecule has 0 saturated heterocycles. The Labute approximate surface area is 178 Å². The fourth-order valence-electron chi connectivity index (χ4n) is 2.93. The second-order valence-corrected chi connectivity index (χ2v) is 6.70. The van der Waals surface area contributed by atoms with E-state index in [0.29, 0.717) is 18.2 Å². The molecule has 11 heteroatoms. The first-order chi connectivity index (χ1) is 14.7. The molecule has 32 heavy (non-hydrogen) atoms. The first-order valence-corrected chi connectivity index (χ1v) is 8.97. The molecule has 0 saturated carbocycles. The van der Waals surface area contributed by atoms with Crippen LogP contribution in [0.1, 0.15) is 29.2 Å². The van der Waals surface area contributed by atoms with E-state index in [9.17, 15) is 46.1 Å². The lowest BCUT2D eigenvalue weighted by atomic mass is 9.89. The van der Waals surface area contributed by atoms with Crippen molar-refractivity contribution >= 4 is 23.0 Å². The highest BCUT2D eigenvalue weighted by Crippen LogP contribution is 2.36. The molecule has 2 aromatic carbocycles. The van der Waals surface area contributed by atoms with Gasteiger partial charge in [0.05, 0.1) is 22.8 Å². The molecule has 2 aromatic rings. The molecule has 0 aliphatic rings. The highest BCUT2D eigenvalue weighted by Gasteiger charge is 2.33. The first kappa shape index (κ1) is 24.9. The molecule has 0 aliphatic carbocycles. The largest absolute Gasteiger partial charge is 0.478 e. The molecule has 0 radical (unpaired) electrons. The van der Waals surface area contributed by atoms with Gasteiger partial charge in [-0.3, -0.25) is 4.79 Å². The standard InChI is InChI=1S/C21H17F6NO4/c1-11(29)28-10-16(30)17(13-3-2-4-15(9-13)21(25,26)27)18(19(31)32)12-5-7-14(8-6-12)20(22,23)24/h2-9,16,30H,10H2,1H3,(H,28,29)(H,31,32)/b18-17+. The number of aliphatic carboxylic acids is 1. The van der Waals surface area contributed by atoms with Crippen molar-refractivity contribution in [3.63, 3.8) is 0 Å². The smallest absolute Gasteiger partial charge is 0.416 e. The summed E-state index contributed by atoms with van der Waals surface area (Å²) in [6.07, 6.45) is -11.3. The number of aliphatic hydroxyl groups is 1. The minimum absolute atomic E-state index is 0.278. The number of hydrogen-bond acceptors (Lipinski definition) is 3. The summed E-state index contributed by atoms with van der Waals surface area (Å²) >= 11 is 0. The number of carbonyl (C=O) groups is 2. The van der Waals surface area contributed by atoms with E-state index in [4.69, 9.17) is 0 Å². The maximum atomic E-state index is 13.2. The van der Waals surface area contributed by atoms with E-state index in [-0.39, 0.29) is 11.1 Å². The predicted molar refractivity (Wildman–Crippen MR) is 102 cm³/mol. The van der Waals surface area contributed by atoms with Crippen LogP contribution in [0.25, 0.3) is 11.1 Å². The predicted octanol–water partition coefficient (Wildman–Crippen LogP) is 4.22. The van der Waals surface area contributed by atoms with Crippen molar-refractivity contribution in [2.75, 3.05) is 6.54 Å². The van der Waals surface area contributed by atoms with Crippen molar-refractivity contribution in [3.05, 3.63) is 70.8 Å². The molecule has 1 atom stereocenters. The van der Waals surface area contributed by atoms with Crippen LogP contribution in [0.4, 0.5) is 26.3 Å². The summed E-state index contributed by atoms with van der Waals surface area (Å²) in [5.41, 5.74) is -4.01. The van der Waals surface area contributed by atoms with Crippen LogP contribution in [0.3, 0.4) is 0 Å². The normalized spacial score (nSPS) is 13.9. The molecule has 2 rings (SSSR count). The fraction of sp³-hybridized carbons (Fsp3) is 0.238. The van der Waals surface area contributed by atoms with Gasteiger partial charge in [-0.25, -0.2) is 4.79 Å². The van der Waals surface area contributed by atoms with Gasteiger partial charge in [-0.1, -0.05) is 24.3 Å². The number of aliphatic hydroxyl groups excluding tert-OH is 1. The highest BCUT2D eigenvalue weighted by molar-refractivity contribution is 6.24. The Bertz CT molecular complexity index is 1030. The van der Waals surface area contributed by atoms with Gasteiger partial charge in [0.2, 0.25) is 5.91 Å². The van der Waals surface area contributed by atoms with E-state index in [1.54, 1.807) is 0 Å². The molecule has 0 aliphatic heterocycles. The molecular formula is C21H17F6NO4. The molecule has 0 spiro atoms. The zero-order valence-corrected chi connectivity index (χ0v) is 16.4. The maximum Gasteiger partial charge on any atom is 0.416 e. The van der Waals surface area contributed by atoms with Crippen LogP contribution in [0.5, 0.6) is 0 Å². The van der Waals surface area contributed by atoms with Gasteiger partial charge in [0, 0.05) is 19.0 Å². The number of carboxylic acid groups (broad SMARTS) is 1. The number of carboxylic acids is 1. The quantitative estimate of drug-likeness (QED) is 0.342. The fourth-order valence-corrected chi connectivity index (χ4v) is 2.93. The number of carbonyl (C=O) groups excluding carboxylic acids is 1. The van der Waals surface area contributed by atoms with Gasteiger partial charge >= 0.3 is 18.3 Å². The van der Waals surface area contributed by atoms with Crippen molar-refractivity contribution in [1.82, 2.24) is 5.32 Å². The molecule has 0 fully saturated rings. The van der Waals surface area contributed by atoms with Crippen LogP contribution >= 0.6 is 0 Å². The van der Waals surface area contributed by atoms with Gasteiger partial charge in [-0.05, 0) is 35.4 Å².